The van der Waals surface area contributed by atoms with Crippen molar-refractivity contribution in [1.82, 2.24) is 9.47 Å². The SMILES string of the molecule is O=C(O)Cn1cc([C@@H](C(=O)O)N2CCOCC2)c2ccc(F)cc21. The van der Waals surface area contributed by atoms with Crippen molar-refractivity contribution in [3.8, 4) is 0 Å². The van der Waals surface area contributed by atoms with Crippen LogP contribution >= 0.6 is 0 Å². The second-order valence-corrected chi connectivity index (χ2v) is 5.66. The van der Waals surface area contributed by atoms with Crippen LogP contribution in [0.4, 0.5) is 4.39 Å². The van der Waals surface area contributed by atoms with E-state index in [1.54, 1.807) is 4.90 Å². The van der Waals surface area contributed by atoms with E-state index in [0.29, 0.717) is 42.8 Å². The van der Waals surface area contributed by atoms with Crippen molar-refractivity contribution in [3.63, 3.8) is 0 Å². The Labute approximate surface area is 136 Å². The predicted octanol–water partition coefficient (Wildman–Crippen LogP) is 1.32. The smallest absolute Gasteiger partial charge is 0.325 e. The van der Waals surface area contributed by atoms with E-state index in [0.717, 1.165) is 0 Å². The van der Waals surface area contributed by atoms with Gasteiger partial charge in [-0.05, 0) is 18.2 Å². The lowest BCUT2D eigenvalue weighted by Crippen LogP contribution is -2.42. The van der Waals surface area contributed by atoms with Gasteiger partial charge in [-0.2, -0.15) is 0 Å². The van der Waals surface area contributed by atoms with Crippen molar-refractivity contribution < 1.29 is 28.9 Å². The lowest BCUT2D eigenvalue weighted by Gasteiger charge is -2.31. The Morgan fingerprint density at radius 3 is 2.58 bits per heavy atom. The highest BCUT2D eigenvalue weighted by atomic mass is 19.1. The van der Waals surface area contributed by atoms with Crippen LogP contribution in [0.15, 0.2) is 24.4 Å². The Bertz CT molecular complexity index is 782. The largest absolute Gasteiger partial charge is 0.480 e. The molecule has 128 valence electrons. The summed E-state index contributed by atoms with van der Waals surface area (Å²) in [4.78, 5) is 24.7. The Morgan fingerprint density at radius 2 is 1.96 bits per heavy atom. The molecule has 3 rings (SSSR count). The van der Waals surface area contributed by atoms with Crippen LogP contribution in [0.5, 0.6) is 0 Å². The maximum Gasteiger partial charge on any atom is 0.325 e. The molecule has 0 aliphatic carbocycles. The maximum absolute atomic E-state index is 13.6. The molecular weight excluding hydrogens is 319 g/mol. The number of halogens is 1. The van der Waals surface area contributed by atoms with Crippen LogP contribution in [0, 0.1) is 5.82 Å². The molecule has 1 fully saturated rings. The molecule has 0 bridgehead atoms. The van der Waals surface area contributed by atoms with Crippen LogP contribution in [-0.2, 0) is 20.9 Å². The third-order valence-corrected chi connectivity index (χ3v) is 4.12. The lowest BCUT2D eigenvalue weighted by molar-refractivity contribution is -0.145. The van der Waals surface area contributed by atoms with Crippen molar-refractivity contribution in [3.05, 3.63) is 35.8 Å². The molecule has 1 saturated heterocycles. The quantitative estimate of drug-likeness (QED) is 0.856. The Morgan fingerprint density at radius 1 is 1.25 bits per heavy atom. The molecule has 7 nitrogen and oxygen atoms in total. The number of carboxylic acids is 2. The minimum absolute atomic E-state index is 0.366. The highest BCUT2D eigenvalue weighted by molar-refractivity contribution is 5.90. The van der Waals surface area contributed by atoms with Gasteiger partial charge in [0.1, 0.15) is 18.4 Å². The summed E-state index contributed by atoms with van der Waals surface area (Å²) in [6.45, 7) is 1.43. The fraction of sp³-hybridized carbons (Fsp3) is 0.375. The number of carboxylic acid groups (broad SMARTS) is 2. The normalized spacial score (nSPS) is 17.0. The van der Waals surface area contributed by atoms with Crippen LogP contribution in [0.25, 0.3) is 10.9 Å². The summed E-state index contributed by atoms with van der Waals surface area (Å²) in [6.07, 6.45) is 1.49. The summed E-state index contributed by atoms with van der Waals surface area (Å²) in [5.41, 5.74) is 0.826. The Kier molecular flexibility index (Phi) is 4.50. The van der Waals surface area contributed by atoms with Crippen LogP contribution in [-0.4, -0.2) is 57.9 Å². The van der Waals surface area contributed by atoms with Crippen molar-refractivity contribution in [2.45, 2.75) is 12.6 Å². The fourth-order valence-corrected chi connectivity index (χ4v) is 3.11. The summed E-state index contributed by atoms with van der Waals surface area (Å²) in [5.74, 6) is -2.62. The van der Waals surface area contributed by atoms with Crippen LogP contribution in [0.1, 0.15) is 11.6 Å². The number of morpholine rings is 1. The zero-order valence-electron chi connectivity index (χ0n) is 12.8. The van der Waals surface area contributed by atoms with Gasteiger partial charge in [0, 0.05) is 30.2 Å². The molecule has 24 heavy (non-hydrogen) atoms. The number of rotatable bonds is 5. The van der Waals surface area contributed by atoms with Crippen molar-refractivity contribution >= 4 is 22.8 Å². The van der Waals surface area contributed by atoms with Gasteiger partial charge in [0.2, 0.25) is 0 Å². The van der Waals surface area contributed by atoms with E-state index in [-0.39, 0.29) is 6.54 Å². The number of ether oxygens (including phenoxy) is 1. The van der Waals surface area contributed by atoms with Gasteiger partial charge in [-0.15, -0.1) is 0 Å². The van der Waals surface area contributed by atoms with Gasteiger partial charge in [-0.3, -0.25) is 14.5 Å². The number of nitrogens with zero attached hydrogens (tertiary/aromatic N) is 2. The van der Waals surface area contributed by atoms with E-state index in [1.807, 2.05) is 0 Å². The van der Waals surface area contributed by atoms with Gasteiger partial charge in [0.15, 0.2) is 0 Å². The van der Waals surface area contributed by atoms with Gasteiger partial charge in [0.05, 0.1) is 18.7 Å². The summed E-state index contributed by atoms with van der Waals surface area (Å²) in [7, 11) is 0. The molecule has 8 heteroatoms. The van der Waals surface area contributed by atoms with Crippen molar-refractivity contribution in [2.75, 3.05) is 26.3 Å². The predicted molar refractivity (Wildman–Crippen MR) is 82.3 cm³/mol. The fourth-order valence-electron chi connectivity index (χ4n) is 3.11. The second kappa shape index (κ2) is 6.58. The minimum atomic E-state index is -1.08. The third-order valence-electron chi connectivity index (χ3n) is 4.12. The number of hydrogen-bond donors (Lipinski definition) is 2. The molecule has 1 aromatic heterocycles. The standard InChI is InChI=1S/C16H17FN2O5/c17-10-1-2-11-12(8-19(9-14(20)21)13(11)7-10)15(16(22)23)18-3-5-24-6-4-18/h1-2,7-8,15H,3-6,9H2,(H,20,21)(H,22,23)/t15-/m0/s1. The van der Waals surface area contributed by atoms with Gasteiger partial charge in [0.25, 0.3) is 0 Å². The van der Waals surface area contributed by atoms with Gasteiger partial charge in [-0.1, -0.05) is 0 Å². The third kappa shape index (κ3) is 3.10. The molecule has 1 aromatic carbocycles. The first kappa shape index (κ1) is 16.4. The Hall–Kier alpha value is -2.45. The Balaban J connectivity index is 2.12. The first-order chi connectivity index (χ1) is 11.5. The lowest BCUT2D eigenvalue weighted by atomic mass is 10.0. The molecule has 0 unspecified atom stereocenters. The molecule has 0 amide bonds. The summed E-state index contributed by atoms with van der Waals surface area (Å²) in [5, 5.41) is 19.3. The molecule has 0 spiro atoms. The first-order valence-corrected chi connectivity index (χ1v) is 7.52. The van der Waals surface area contributed by atoms with Gasteiger partial charge < -0.3 is 19.5 Å². The molecule has 0 saturated carbocycles. The number of carbonyl (C=O) groups is 2. The molecule has 0 radical (unpaired) electrons. The van der Waals surface area contributed by atoms with E-state index in [1.165, 1.54) is 29.0 Å². The summed E-state index contributed by atoms with van der Waals surface area (Å²) < 4.78 is 20.2. The number of aromatic nitrogens is 1. The minimum Gasteiger partial charge on any atom is -0.480 e. The number of hydrogen-bond acceptors (Lipinski definition) is 4. The van der Waals surface area contributed by atoms with Crippen molar-refractivity contribution in [1.29, 1.82) is 0 Å². The zero-order chi connectivity index (χ0) is 17.3. The van der Waals surface area contributed by atoms with E-state index >= 15 is 0 Å². The van der Waals surface area contributed by atoms with E-state index in [2.05, 4.69) is 0 Å². The van der Waals surface area contributed by atoms with Crippen LogP contribution in [0.3, 0.4) is 0 Å². The number of benzene rings is 1. The summed E-state index contributed by atoms with van der Waals surface area (Å²) >= 11 is 0. The van der Waals surface area contributed by atoms with E-state index in [9.17, 15) is 19.1 Å². The van der Waals surface area contributed by atoms with Crippen molar-refractivity contribution in [2.24, 2.45) is 0 Å². The topological polar surface area (TPSA) is 92.0 Å². The average molecular weight is 336 g/mol. The van der Waals surface area contributed by atoms with Crippen LogP contribution in [0.2, 0.25) is 0 Å². The molecule has 1 aliphatic rings. The van der Waals surface area contributed by atoms with E-state index in [4.69, 9.17) is 9.84 Å². The van der Waals surface area contributed by atoms with Gasteiger partial charge in [-0.25, -0.2) is 4.39 Å². The highest BCUT2D eigenvalue weighted by Crippen LogP contribution is 2.31. The maximum atomic E-state index is 13.6. The second-order valence-electron chi connectivity index (χ2n) is 5.66. The highest BCUT2D eigenvalue weighted by Gasteiger charge is 2.31. The number of aliphatic carboxylic acids is 2. The average Bonchev–Trinajstić information content (AvgIpc) is 2.85. The van der Waals surface area contributed by atoms with Crippen LogP contribution < -0.4 is 0 Å². The number of fused-ring (bicyclic) bond motifs is 1. The molecule has 1 aliphatic heterocycles. The molecule has 2 aromatic rings. The molecular formula is C16H17FN2O5. The molecule has 1 atom stereocenters. The van der Waals surface area contributed by atoms with E-state index < -0.39 is 23.8 Å². The zero-order valence-corrected chi connectivity index (χ0v) is 12.8. The molecule has 2 heterocycles. The monoisotopic (exact) mass is 336 g/mol. The first-order valence-electron chi connectivity index (χ1n) is 7.52. The molecule has 2 N–H and O–H groups in total. The summed E-state index contributed by atoms with van der Waals surface area (Å²) in [6, 6.07) is 3.03. The van der Waals surface area contributed by atoms with Gasteiger partial charge >= 0.3 is 11.9 Å².